The average Bonchev–Trinajstić information content (AvgIpc) is 2.67. The van der Waals surface area contributed by atoms with Gasteiger partial charge in [0, 0.05) is 11.1 Å². The highest BCUT2D eigenvalue weighted by Gasteiger charge is 2.05. The Bertz CT molecular complexity index is 897. The topological polar surface area (TPSA) is 52.3 Å². The molecule has 3 heteroatoms. The number of rotatable bonds is 5. The van der Waals surface area contributed by atoms with Gasteiger partial charge in [0.25, 0.3) is 0 Å². The smallest absolute Gasteiger partial charge is 0.248 e. The van der Waals surface area contributed by atoms with Crippen LogP contribution >= 0.6 is 0 Å². The van der Waals surface area contributed by atoms with Gasteiger partial charge in [0.1, 0.15) is 5.75 Å². The van der Waals surface area contributed by atoms with E-state index in [-0.39, 0.29) is 0 Å². The van der Waals surface area contributed by atoms with Crippen molar-refractivity contribution in [3.8, 4) is 16.9 Å². The number of benzene rings is 3. The lowest BCUT2D eigenvalue weighted by Crippen LogP contribution is -2.10. The summed E-state index contributed by atoms with van der Waals surface area (Å²) >= 11 is 0. The lowest BCUT2D eigenvalue weighted by atomic mass is 10.0. The molecule has 0 fully saturated rings. The number of hydrogen-bond donors (Lipinski definition) is 1. The average molecular weight is 329 g/mol. The van der Waals surface area contributed by atoms with Crippen molar-refractivity contribution in [2.45, 2.75) is 0 Å². The first kappa shape index (κ1) is 16.5. The lowest BCUT2D eigenvalue weighted by Gasteiger charge is -2.06. The van der Waals surface area contributed by atoms with Crippen molar-refractivity contribution < 1.29 is 9.53 Å². The largest absolute Gasteiger partial charge is 0.496 e. The van der Waals surface area contributed by atoms with E-state index in [2.05, 4.69) is 36.4 Å². The van der Waals surface area contributed by atoms with E-state index in [4.69, 9.17) is 10.5 Å². The number of hydrogen-bond acceptors (Lipinski definition) is 2. The van der Waals surface area contributed by atoms with E-state index >= 15 is 0 Å². The van der Waals surface area contributed by atoms with Crippen molar-refractivity contribution in [2.75, 3.05) is 7.11 Å². The van der Waals surface area contributed by atoms with Crippen LogP contribution in [0.5, 0.6) is 5.75 Å². The molecule has 0 atom stereocenters. The Morgan fingerprint density at radius 2 is 1.56 bits per heavy atom. The monoisotopic (exact) mass is 329 g/mol. The first-order valence-electron chi connectivity index (χ1n) is 7.99. The molecule has 0 heterocycles. The summed E-state index contributed by atoms with van der Waals surface area (Å²) in [5, 5.41) is 0. The lowest BCUT2D eigenvalue weighted by molar-refractivity contribution is 0.1000. The van der Waals surface area contributed by atoms with Gasteiger partial charge in [-0.3, -0.25) is 4.79 Å². The van der Waals surface area contributed by atoms with Crippen LogP contribution in [0.15, 0.2) is 72.8 Å². The predicted octanol–water partition coefficient (Wildman–Crippen LogP) is 4.63. The summed E-state index contributed by atoms with van der Waals surface area (Å²) in [5.41, 5.74) is 10.0. The van der Waals surface area contributed by atoms with Gasteiger partial charge in [-0.2, -0.15) is 0 Å². The highest BCUT2D eigenvalue weighted by molar-refractivity contribution is 5.94. The number of carbonyl (C=O) groups is 1. The fourth-order valence-electron chi connectivity index (χ4n) is 2.62. The van der Waals surface area contributed by atoms with Gasteiger partial charge in [0.2, 0.25) is 5.91 Å². The summed E-state index contributed by atoms with van der Waals surface area (Å²) in [5.74, 6) is 0.242. The SMILES string of the molecule is COc1ccc(C(N)=O)cc1/C=C/c1ccc(-c2ccccc2)cc1. The van der Waals surface area contributed by atoms with Crippen LogP contribution in [0.4, 0.5) is 0 Å². The molecule has 3 aromatic rings. The molecule has 1 amide bonds. The van der Waals surface area contributed by atoms with E-state index in [0.29, 0.717) is 11.3 Å². The fourth-order valence-corrected chi connectivity index (χ4v) is 2.62. The molecule has 0 aromatic heterocycles. The van der Waals surface area contributed by atoms with Crippen molar-refractivity contribution in [1.82, 2.24) is 0 Å². The van der Waals surface area contributed by atoms with Crippen LogP contribution in [0.3, 0.4) is 0 Å². The summed E-state index contributed by atoms with van der Waals surface area (Å²) in [4.78, 5) is 11.4. The quantitative estimate of drug-likeness (QED) is 0.694. The van der Waals surface area contributed by atoms with Crippen LogP contribution < -0.4 is 10.5 Å². The van der Waals surface area contributed by atoms with E-state index in [0.717, 1.165) is 11.1 Å². The molecule has 0 bridgehead atoms. The number of nitrogens with two attached hydrogens (primary N) is 1. The summed E-state index contributed by atoms with van der Waals surface area (Å²) < 4.78 is 5.34. The highest BCUT2D eigenvalue weighted by Crippen LogP contribution is 2.23. The van der Waals surface area contributed by atoms with Gasteiger partial charge >= 0.3 is 0 Å². The van der Waals surface area contributed by atoms with Crippen molar-refractivity contribution in [1.29, 1.82) is 0 Å². The Morgan fingerprint density at radius 1 is 0.880 bits per heavy atom. The van der Waals surface area contributed by atoms with Gasteiger partial charge in [0.05, 0.1) is 7.11 Å². The van der Waals surface area contributed by atoms with Gasteiger partial charge in [-0.1, -0.05) is 66.7 Å². The van der Waals surface area contributed by atoms with Crippen LogP contribution in [-0.4, -0.2) is 13.0 Å². The first-order valence-corrected chi connectivity index (χ1v) is 7.99. The Hall–Kier alpha value is -3.33. The molecular formula is C22H19NO2. The molecule has 3 rings (SSSR count). The second-order valence-corrected chi connectivity index (χ2v) is 5.64. The normalized spacial score (nSPS) is 10.8. The fraction of sp³-hybridized carbons (Fsp3) is 0.0455. The Kier molecular flexibility index (Phi) is 4.95. The van der Waals surface area contributed by atoms with E-state index in [1.807, 2.05) is 30.4 Å². The third-order valence-corrected chi connectivity index (χ3v) is 3.99. The van der Waals surface area contributed by atoms with Crippen molar-refractivity contribution >= 4 is 18.1 Å². The van der Waals surface area contributed by atoms with Crippen molar-refractivity contribution in [2.24, 2.45) is 5.73 Å². The molecular weight excluding hydrogens is 310 g/mol. The zero-order valence-electron chi connectivity index (χ0n) is 14.0. The Labute approximate surface area is 147 Å². The van der Waals surface area contributed by atoms with E-state index in [9.17, 15) is 4.79 Å². The van der Waals surface area contributed by atoms with Crippen LogP contribution in [0.25, 0.3) is 23.3 Å². The molecule has 0 aliphatic rings. The van der Waals surface area contributed by atoms with E-state index in [1.165, 1.54) is 11.1 Å². The third-order valence-electron chi connectivity index (χ3n) is 3.99. The molecule has 0 saturated heterocycles. The molecule has 2 N–H and O–H groups in total. The first-order chi connectivity index (χ1) is 12.2. The summed E-state index contributed by atoms with van der Waals surface area (Å²) in [6.45, 7) is 0. The van der Waals surface area contributed by atoms with Crippen LogP contribution in [0.1, 0.15) is 21.5 Å². The minimum absolute atomic E-state index is 0.454. The minimum Gasteiger partial charge on any atom is -0.496 e. The maximum atomic E-state index is 11.4. The molecule has 0 aliphatic heterocycles. The van der Waals surface area contributed by atoms with Gasteiger partial charge in [-0.25, -0.2) is 0 Å². The van der Waals surface area contributed by atoms with Crippen LogP contribution in [0.2, 0.25) is 0 Å². The molecule has 0 radical (unpaired) electrons. The Balaban J connectivity index is 1.85. The van der Waals surface area contributed by atoms with Crippen molar-refractivity contribution in [3.05, 3.63) is 89.5 Å². The number of carbonyl (C=O) groups excluding carboxylic acids is 1. The number of methoxy groups -OCH3 is 1. The van der Waals surface area contributed by atoms with Crippen molar-refractivity contribution in [3.63, 3.8) is 0 Å². The molecule has 124 valence electrons. The van der Waals surface area contributed by atoms with E-state index in [1.54, 1.807) is 25.3 Å². The minimum atomic E-state index is -0.454. The van der Waals surface area contributed by atoms with Gasteiger partial charge < -0.3 is 10.5 Å². The summed E-state index contributed by atoms with van der Waals surface area (Å²) in [6, 6.07) is 23.7. The second-order valence-electron chi connectivity index (χ2n) is 5.64. The van der Waals surface area contributed by atoms with Gasteiger partial charge in [-0.05, 0) is 34.9 Å². The second kappa shape index (κ2) is 7.49. The summed E-state index contributed by atoms with van der Waals surface area (Å²) in [6.07, 6.45) is 3.90. The maximum absolute atomic E-state index is 11.4. The molecule has 3 aromatic carbocycles. The predicted molar refractivity (Wildman–Crippen MR) is 102 cm³/mol. The van der Waals surface area contributed by atoms with Gasteiger partial charge in [-0.15, -0.1) is 0 Å². The zero-order chi connectivity index (χ0) is 17.6. The molecule has 25 heavy (non-hydrogen) atoms. The van der Waals surface area contributed by atoms with Gasteiger partial charge in [0.15, 0.2) is 0 Å². The standard InChI is InChI=1S/C22H19NO2/c1-25-21-14-13-20(22(23)24)15-19(21)12-9-16-7-10-18(11-8-16)17-5-3-2-4-6-17/h2-15H,1H3,(H2,23,24)/b12-9+. The molecule has 0 aliphatic carbocycles. The number of primary amides is 1. The molecule has 0 saturated carbocycles. The Morgan fingerprint density at radius 3 is 2.20 bits per heavy atom. The zero-order valence-corrected chi connectivity index (χ0v) is 14.0. The summed E-state index contributed by atoms with van der Waals surface area (Å²) in [7, 11) is 1.60. The van der Waals surface area contributed by atoms with Crippen LogP contribution in [-0.2, 0) is 0 Å². The maximum Gasteiger partial charge on any atom is 0.248 e. The van der Waals surface area contributed by atoms with Crippen LogP contribution in [0, 0.1) is 0 Å². The molecule has 0 unspecified atom stereocenters. The molecule has 3 nitrogen and oxygen atoms in total. The highest BCUT2D eigenvalue weighted by atomic mass is 16.5. The van der Waals surface area contributed by atoms with E-state index < -0.39 is 5.91 Å². The number of amides is 1. The molecule has 0 spiro atoms. The third kappa shape index (κ3) is 3.96. The number of ether oxygens (including phenoxy) is 1.